The Labute approximate surface area is 389 Å². The van der Waals surface area contributed by atoms with Crippen LogP contribution in [0.15, 0.2) is 65.7 Å². The van der Waals surface area contributed by atoms with Gasteiger partial charge in [-0.05, 0) is 126 Å². The summed E-state index contributed by atoms with van der Waals surface area (Å²) in [6, 6.07) is 14.8. The average molecular weight is 941 g/mol. The van der Waals surface area contributed by atoms with Crippen LogP contribution in [0.4, 0.5) is 28.8 Å². The van der Waals surface area contributed by atoms with Crippen molar-refractivity contribution in [2.75, 3.05) is 61.3 Å². The molecule has 8 rings (SSSR count). The number of benzene rings is 3. The van der Waals surface area contributed by atoms with Crippen molar-refractivity contribution in [1.29, 1.82) is 0 Å². The Balaban J connectivity index is 0.865. The summed E-state index contributed by atoms with van der Waals surface area (Å²) < 4.78 is 32.5. The molecule has 348 valence electrons. The van der Waals surface area contributed by atoms with Gasteiger partial charge in [0.15, 0.2) is 15.7 Å². The largest absolute Gasteiger partial charge is 0.489 e. The van der Waals surface area contributed by atoms with Crippen LogP contribution in [0.3, 0.4) is 0 Å². The number of anilines is 5. The number of fused-ring (bicyclic) bond motifs is 1. The molecule has 3 fully saturated rings. The SMILES string of the molecule is Cc1cc(Nc2ncc(Cl)c(Nc3ccccc3S(=O)(=O)C(C)C)n2)c(OC(C)C)cc1C1CCN(CC(=O)N2CCN(c3ccc4c(c3)C(=O)N(C3CCC(=O)NC3=O)C4=O)CC2)CC1. The van der Waals surface area contributed by atoms with Crippen LogP contribution in [0, 0.1) is 6.92 Å². The standard InChI is InChI=1S/C47H54ClN9O8S/c1-27(2)65-39-24-33(29(5)22-37(39)51-47-49-25-35(48)43(53-47)50-36-8-6-7-9-40(36)66(63,64)28(3)4)30-14-16-54(17-15-30)26-42(59)56-20-18-55(19-21-56)31-10-11-32-34(23-31)46(62)57(45(32)61)38-12-13-41(58)52-44(38)60/h6-11,22-25,27-28,30,38H,12-21,26H2,1-5H3,(H,52,58,60)(H2,49,50,51,53). The number of carbonyl (C=O) groups excluding carboxylic acids is 5. The van der Waals surface area contributed by atoms with Gasteiger partial charge in [0.25, 0.3) is 11.8 Å². The molecule has 0 radical (unpaired) electrons. The molecule has 19 heteroatoms. The molecule has 4 aromatic rings. The van der Waals surface area contributed by atoms with Crippen molar-refractivity contribution in [1.82, 2.24) is 30.0 Å². The molecule has 1 aromatic heterocycles. The van der Waals surface area contributed by atoms with Crippen LogP contribution in [0.25, 0.3) is 0 Å². The van der Waals surface area contributed by atoms with E-state index in [0.29, 0.717) is 49.8 Å². The van der Waals surface area contributed by atoms with Gasteiger partial charge in [0, 0.05) is 38.3 Å². The maximum Gasteiger partial charge on any atom is 0.262 e. The summed E-state index contributed by atoms with van der Waals surface area (Å²) in [7, 11) is -3.60. The lowest BCUT2D eigenvalue weighted by Crippen LogP contribution is -2.54. The molecule has 0 bridgehead atoms. The van der Waals surface area contributed by atoms with Crippen molar-refractivity contribution in [2.24, 2.45) is 0 Å². The number of nitrogens with one attached hydrogen (secondary N) is 3. The number of piperazine rings is 1. The molecule has 66 heavy (non-hydrogen) atoms. The number of rotatable bonds is 13. The van der Waals surface area contributed by atoms with Crippen LogP contribution in [-0.2, 0) is 24.2 Å². The number of amides is 5. The normalized spacial score (nSPS) is 18.5. The van der Waals surface area contributed by atoms with E-state index in [0.717, 1.165) is 42.1 Å². The minimum atomic E-state index is -3.60. The van der Waals surface area contributed by atoms with Gasteiger partial charge in [-0.2, -0.15) is 4.98 Å². The summed E-state index contributed by atoms with van der Waals surface area (Å²) in [6.07, 6.45) is 3.20. The topological polar surface area (TPSA) is 204 Å². The van der Waals surface area contributed by atoms with Crippen molar-refractivity contribution in [3.63, 3.8) is 0 Å². The summed E-state index contributed by atoms with van der Waals surface area (Å²) in [5.41, 5.74) is 4.47. The van der Waals surface area contributed by atoms with Crippen LogP contribution < -0.4 is 25.6 Å². The number of hydrogen-bond acceptors (Lipinski definition) is 14. The van der Waals surface area contributed by atoms with Crippen molar-refractivity contribution in [3.05, 3.63) is 88.1 Å². The van der Waals surface area contributed by atoms with Gasteiger partial charge in [-0.25, -0.2) is 13.4 Å². The van der Waals surface area contributed by atoms with Crippen LogP contribution in [0.1, 0.15) is 91.1 Å². The Hall–Kier alpha value is -6.11. The van der Waals surface area contributed by atoms with Crippen molar-refractivity contribution in [2.45, 2.75) is 88.5 Å². The monoisotopic (exact) mass is 939 g/mol. The van der Waals surface area contributed by atoms with Gasteiger partial charge in [0.2, 0.25) is 23.7 Å². The number of ether oxygens (including phenoxy) is 1. The first-order chi connectivity index (χ1) is 31.5. The molecular formula is C47H54ClN9O8S. The van der Waals surface area contributed by atoms with E-state index >= 15 is 0 Å². The molecule has 4 aliphatic rings. The number of aryl methyl sites for hydroxylation is 1. The summed E-state index contributed by atoms with van der Waals surface area (Å²) in [5, 5.41) is 8.22. The van der Waals surface area contributed by atoms with E-state index in [2.05, 4.69) is 48.7 Å². The number of likely N-dealkylation sites (tertiary alicyclic amines) is 1. The fourth-order valence-corrected chi connectivity index (χ4v) is 10.3. The van der Waals surface area contributed by atoms with Crippen molar-refractivity contribution < 1.29 is 37.1 Å². The quantitative estimate of drug-likeness (QED) is 0.135. The average Bonchev–Trinajstić information content (AvgIpc) is 3.53. The van der Waals surface area contributed by atoms with Gasteiger partial charge in [-0.15, -0.1) is 0 Å². The third-order valence-electron chi connectivity index (χ3n) is 12.6. The number of halogens is 1. The zero-order valence-corrected chi connectivity index (χ0v) is 39.2. The predicted molar refractivity (Wildman–Crippen MR) is 250 cm³/mol. The number of para-hydroxylation sites is 1. The molecule has 5 amide bonds. The Morgan fingerprint density at radius 2 is 1.59 bits per heavy atom. The van der Waals surface area contributed by atoms with Crippen molar-refractivity contribution >= 4 is 79.8 Å². The molecule has 5 heterocycles. The molecule has 3 saturated heterocycles. The molecule has 3 N–H and O–H groups in total. The zero-order chi connectivity index (χ0) is 47.0. The molecule has 0 saturated carbocycles. The van der Waals surface area contributed by atoms with Gasteiger partial charge in [0.05, 0.1) is 51.5 Å². The van der Waals surface area contributed by atoms with Crippen LogP contribution in [0.2, 0.25) is 5.02 Å². The molecule has 0 aliphatic carbocycles. The van der Waals surface area contributed by atoms with Crippen molar-refractivity contribution in [3.8, 4) is 5.75 Å². The second kappa shape index (κ2) is 19.0. The Kier molecular flexibility index (Phi) is 13.4. The highest BCUT2D eigenvalue weighted by molar-refractivity contribution is 7.92. The second-order valence-corrected chi connectivity index (χ2v) is 20.6. The number of nitrogens with zero attached hydrogens (tertiary/aromatic N) is 6. The van der Waals surface area contributed by atoms with Crippen LogP contribution in [0.5, 0.6) is 5.75 Å². The van der Waals surface area contributed by atoms with Gasteiger partial charge in [0.1, 0.15) is 16.8 Å². The minimum absolute atomic E-state index is 0.0558. The number of piperidine rings is 2. The zero-order valence-electron chi connectivity index (χ0n) is 37.6. The highest BCUT2D eigenvalue weighted by Crippen LogP contribution is 2.39. The third kappa shape index (κ3) is 9.57. The molecule has 4 aliphatic heterocycles. The van der Waals surface area contributed by atoms with E-state index in [-0.39, 0.29) is 63.6 Å². The molecule has 1 atom stereocenters. The predicted octanol–water partition coefficient (Wildman–Crippen LogP) is 5.82. The maximum atomic E-state index is 13.6. The summed E-state index contributed by atoms with van der Waals surface area (Å²) >= 11 is 6.51. The van der Waals surface area contributed by atoms with Gasteiger partial charge < -0.3 is 25.2 Å². The first-order valence-corrected chi connectivity index (χ1v) is 24.2. The van der Waals surface area contributed by atoms with Gasteiger partial charge in [-0.1, -0.05) is 23.7 Å². The molecule has 1 unspecified atom stereocenters. The highest BCUT2D eigenvalue weighted by atomic mass is 35.5. The lowest BCUT2D eigenvalue weighted by Gasteiger charge is -2.38. The Morgan fingerprint density at radius 1 is 0.879 bits per heavy atom. The minimum Gasteiger partial charge on any atom is -0.489 e. The van der Waals surface area contributed by atoms with E-state index in [9.17, 15) is 32.4 Å². The summed E-state index contributed by atoms with van der Waals surface area (Å²) in [6.45, 7) is 13.2. The Bertz CT molecular complexity index is 2700. The first kappa shape index (κ1) is 46.4. The third-order valence-corrected chi connectivity index (χ3v) is 15.1. The number of hydrogen-bond donors (Lipinski definition) is 3. The Morgan fingerprint density at radius 3 is 2.29 bits per heavy atom. The van der Waals surface area contributed by atoms with Crippen LogP contribution in [-0.4, -0.2) is 126 Å². The lowest BCUT2D eigenvalue weighted by atomic mass is 9.86. The summed E-state index contributed by atoms with van der Waals surface area (Å²) in [4.78, 5) is 80.6. The second-order valence-electron chi connectivity index (χ2n) is 17.7. The molecule has 17 nitrogen and oxygen atoms in total. The smallest absolute Gasteiger partial charge is 0.262 e. The van der Waals surface area contributed by atoms with E-state index in [4.69, 9.17) is 16.3 Å². The lowest BCUT2D eigenvalue weighted by molar-refractivity contribution is -0.136. The maximum absolute atomic E-state index is 13.6. The molecule has 3 aromatic carbocycles. The van der Waals surface area contributed by atoms with E-state index in [1.807, 2.05) is 24.8 Å². The van der Waals surface area contributed by atoms with Gasteiger partial charge in [-0.3, -0.25) is 39.1 Å². The summed E-state index contributed by atoms with van der Waals surface area (Å²) in [5.74, 6) is -0.727. The van der Waals surface area contributed by atoms with E-state index < -0.39 is 44.8 Å². The highest BCUT2D eigenvalue weighted by Gasteiger charge is 2.45. The van der Waals surface area contributed by atoms with Crippen LogP contribution >= 0.6 is 11.6 Å². The van der Waals surface area contributed by atoms with E-state index in [1.165, 1.54) is 11.8 Å². The molecule has 0 spiro atoms. The van der Waals surface area contributed by atoms with E-state index in [1.54, 1.807) is 56.3 Å². The number of imide groups is 2. The number of sulfone groups is 1. The molecular weight excluding hydrogens is 886 g/mol. The number of aromatic nitrogens is 2. The van der Waals surface area contributed by atoms with Gasteiger partial charge >= 0.3 is 0 Å². The fourth-order valence-electron chi connectivity index (χ4n) is 8.99. The first-order valence-electron chi connectivity index (χ1n) is 22.3. The fraction of sp³-hybridized carbons (Fsp3) is 0.426. The number of carbonyl (C=O) groups is 5.